The minimum absolute atomic E-state index is 0. The fraction of sp³-hybridized carbons (Fsp3) is 0. The van der Waals surface area contributed by atoms with E-state index in [4.69, 9.17) is 0 Å². The van der Waals surface area contributed by atoms with Crippen molar-refractivity contribution in [2.75, 3.05) is 0 Å². The van der Waals surface area contributed by atoms with Crippen molar-refractivity contribution in [3.8, 4) is 0 Å². The SMILES string of the molecule is [Ca].[Fe].[I].[Se].[Zn]. The Morgan fingerprint density at radius 1 is 1.00 bits per heavy atom. The van der Waals surface area contributed by atoms with E-state index >= 15 is 0 Å². The van der Waals surface area contributed by atoms with Crippen LogP contribution in [-0.4, -0.2) is 54.8 Å². The molecular formula is CaFeISeZn. The molecule has 0 aliphatic rings. The van der Waals surface area contributed by atoms with Crippen LogP contribution >= 0.6 is 24.0 Å². The summed E-state index contributed by atoms with van der Waals surface area (Å²) in [4.78, 5) is 0. The second-order valence-corrected chi connectivity index (χ2v) is 0. The molecule has 5 radical (unpaired) electrons. The maximum Gasteiger partial charge on any atom is 0 e. The molecule has 0 unspecified atom stereocenters. The second-order valence-electron chi connectivity index (χ2n) is 0. The predicted octanol–water partition coefficient (Wildman–Crippen LogP) is 0.119. The Hall–Kier alpha value is 3.65. The topological polar surface area (TPSA) is 0 Å². The predicted molar refractivity (Wildman–Crippen MR) is 25.5 cm³/mol. The van der Waals surface area contributed by atoms with E-state index in [0.29, 0.717) is 0 Å². The van der Waals surface area contributed by atoms with Gasteiger partial charge in [-0.2, -0.15) is 0 Å². The molecule has 5 heavy (non-hydrogen) atoms. The Labute approximate surface area is 113 Å². The first-order valence-corrected chi connectivity index (χ1v) is 0. The summed E-state index contributed by atoms with van der Waals surface area (Å²) in [6, 6.07) is 0. The van der Waals surface area contributed by atoms with Crippen molar-refractivity contribution in [1.82, 2.24) is 0 Å². The van der Waals surface area contributed by atoms with Crippen LogP contribution in [0.2, 0.25) is 0 Å². The maximum atomic E-state index is 0. The fourth-order valence-electron chi connectivity index (χ4n) is 0. The number of halogens is 1. The van der Waals surface area contributed by atoms with Crippen LogP contribution in [0.1, 0.15) is 0 Å². The molecular weight excluding hydrogens is 367 g/mol. The molecule has 5 heteroatoms. The third kappa shape index (κ3) is 18.3. The van der Waals surface area contributed by atoms with Crippen LogP contribution < -0.4 is 0 Å². The van der Waals surface area contributed by atoms with Crippen LogP contribution in [0.4, 0.5) is 0 Å². The average Bonchev–Trinajstić information content (AvgIpc) is 0. The first kappa shape index (κ1) is 38.0. The zero-order chi connectivity index (χ0) is 0. The Kier molecular flexibility index (Phi) is 193. The molecule has 0 N–H and O–H groups in total. The number of hydrogen-bond acceptors (Lipinski definition) is 0. The van der Waals surface area contributed by atoms with Gasteiger partial charge in [0.05, 0.1) is 0 Å². The van der Waals surface area contributed by atoms with E-state index in [1.165, 1.54) is 0 Å². The molecule has 0 fully saturated rings. The molecule has 0 aromatic carbocycles. The monoisotopic (exact) mass is 367 g/mol. The smallest absolute Gasteiger partial charge is 0 e. The van der Waals surface area contributed by atoms with E-state index in [9.17, 15) is 0 Å². The molecule has 0 nitrogen and oxygen atoms in total. The second kappa shape index (κ2) is 25.4. The normalized spacial score (nSPS) is 0. The Morgan fingerprint density at radius 2 is 1.00 bits per heavy atom. The molecule has 25 valence electrons. The van der Waals surface area contributed by atoms with Crippen molar-refractivity contribution >= 4 is 78.8 Å². The molecule has 0 amide bonds. The van der Waals surface area contributed by atoms with Gasteiger partial charge in [-0.3, -0.25) is 0 Å². The standard InChI is InChI=1S/Ca.Fe.I.Se.Zn. The Morgan fingerprint density at radius 3 is 1.00 bits per heavy atom. The fourth-order valence-corrected chi connectivity index (χ4v) is 0. The summed E-state index contributed by atoms with van der Waals surface area (Å²) in [7, 11) is 0. The third-order valence-corrected chi connectivity index (χ3v) is 0. The molecule has 0 aliphatic carbocycles. The minimum Gasteiger partial charge on any atom is 0 e. The molecule has 0 spiro atoms. The van der Waals surface area contributed by atoms with Gasteiger partial charge in [0.25, 0.3) is 0 Å². The van der Waals surface area contributed by atoms with E-state index in [1.807, 2.05) is 0 Å². The molecule has 0 atom stereocenters. The zero-order valence-electron chi connectivity index (χ0n) is 2.55. The van der Waals surface area contributed by atoms with Gasteiger partial charge in [-0.1, -0.05) is 0 Å². The maximum absolute atomic E-state index is 0. The van der Waals surface area contributed by atoms with Gasteiger partial charge in [-0.25, -0.2) is 0 Å². The molecule has 0 aliphatic heterocycles. The van der Waals surface area contributed by atoms with Gasteiger partial charge in [0, 0.05) is 115 Å². The van der Waals surface area contributed by atoms with Crippen molar-refractivity contribution in [2.24, 2.45) is 0 Å². The third-order valence-electron chi connectivity index (χ3n) is 0. The van der Waals surface area contributed by atoms with Gasteiger partial charge < -0.3 is 0 Å². The molecule has 0 aromatic rings. The summed E-state index contributed by atoms with van der Waals surface area (Å²) < 4.78 is 0. The quantitative estimate of drug-likeness (QED) is 0.422. The molecule has 0 aromatic heterocycles. The first-order valence-electron chi connectivity index (χ1n) is 0. The van der Waals surface area contributed by atoms with Gasteiger partial charge in [0.1, 0.15) is 0 Å². The summed E-state index contributed by atoms with van der Waals surface area (Å²) in [5.74, 6) is 0. The van der Waals surface area contributed by atoms with Crippen molar-refractivity contribution in [3.05, 3.63) is 0 Å². The van der Waals surface area contributed by atoms with Crippen molar-refractivity contribution in [3.63, 3.8) is 0 Å². The van der Waals surface area contributed by atoms with E-state index in [2.05, 4.69) is 0 Å². The van der Waals surface area contributed by atoms with Gasteiger partial charge >= 0.3 is 0 Å². The molecule has 0 rings (SSSR count). The Balaban J connectivity index is 0. The number of rotatable bonds is 0. The summed E-state index contributed by atoms with van der Waals surface area (Å²) in [5, 5.41) is 0. The van der Waals surface area contributed by atoms with Crippen LogP contribution in [0, 0.1) is 0 Å². The first-order chi connectivity index (χ1) is 0. The molecule has 0 saturated carbocycles. The Bertz CT molecular complexity index is 11.6. The van der Waals surface area contributed by atoms with Gasteiger partial charge in [0.15, 0.2) is 0 Å². The molecule has 0 heterocycles. The minimum atomic E-state index is 0. The average molecular weight is 367 g/mol. The van der Waals surface area contributed by atoms with Crippen molar-refractivity contribution < 1.29 is 36.5 Å². The van der Waals surface area contributed by atoms with Crippen LogP contribution in [-0.2, 0) is 36.5 Å². The molecule has 0 bridgehead atoms. The van der Waals surface area contributed by atoms with Crippen LogP contribution in [0.15, 0.2) is 0 Å². The van der Waals surface area contributed by atoms with Crippen LogP contribution in [0.3, 0.4) is 0 Å². The summed E-state index contributed by atoms with van der Waals surface area (Å²) >= 11 is 0. The van der Waals surface area contributed by atoms with E-state index in [-0.39, 0.29) is 115 Å². The largest absolute Gasteiger partial charge is 0 e. The van der Waals surface area contributed by atoms with Crippen molar-refractivity contribution in [2.45, 2.75) is 0 Å². The van der Waals surface area contributed by atoms with Gasteiger partial charge in [-0.15, -0.1) is 0 Å². The zero-order valence-corrected chi connectivity index (χ0v) is 12.7. The van der Waals surface area contributed by atoms with E-state index in [1.54, 1.807) is 0 Å². The number of hydrogen-bond donors (Lipinski definition) is 0. The van der Waals surface area contributed by atoms with E-state index < -0.39 is 0 Å². The van der Waals surface area contributed by atoms with Crippen molar-refractivity contribution in [1.29, 1.82) is 0 Å². The van der Waals surface area contributed by atoms with Crippen LogP contribution in [0.5, 0.6) is 0 Å². The van der Waals surface area contributed by atoms with E-state index in [0.717, 1.165) is 0 Å². The summed E-state index contributed by atoms with van der Waals surface area (Å²) in [6.45, 7) is 0. The van der Waals surface area contributed by atoms with Crippen LogP contribution in [0.25, 0.3) is 0 Å². The van der Waals surface area contributed by atoms with Gasteiger partial charge in [-0.05, 0) is 0 Å². The summed E-state index contributed by atoms with van der Waals surface area (Å²) in [5.41, 5.74) is 0. The van der Waals surface area contributed by atoms with Gasteiger partial charge in [0.2, 0.25) is 0 Å². The molecule has 0 saturated heterocycles. The summed E-state index contributed by atoms with van der Waals surface area (Å²) in [6.07, 6.45) is 0.